The number of aromatic nitrogens is 8. The Morgan fingerprint density at radius 1 is 1.17 bits per heavy atom. The number of piperazine rings is 1. The first-order valence-corrected chi connectivity index (χ1v) is 10.3. The van der Waals surface area contributed by atoms with Gasteiger partial charge in [-0.1, -0.05) is 0 Å². The number of nitrogens with zero attached hydrogens (tertiary/aromatic N) is 9. The van der Waals surface area contributed by atoms with Crippen LogP contribution in [0.1, 0.15) is 18.7 Å². The molecule has 0 unspecified atom stereocenters. The Labute approximate surface area is 173 Å². The van der Waals surface area contributed by atoms with Crippen molar-refractivity contribution in [1.29, 1.82) is 0 Å². The zero-order chi connectivity index (χ0) is 20.1. The third-order valence-corrected chi connectivity index (χ3v) is 5.81. The molecule has 4 aromatic heterocycles. The van der Waals surface area contributed by atoms with E-state index in [1.807, 2.05) is 31.3 Å². The lowest BCUT2D eigenvalue weighted by Crippen LogP contribution is -2.52. The van der Waals surface area contributed by atoms with Gasteiger partial charge in [-0.25, -0.2) is 14.6 Å². The molecule has 6 rings (SSSR count). The largest absolute Gasteiger partial charge is 0.337 e. The smallest absolute Gasteiger partial charge is 0.245 e. The number of fused-ring (bicyclic) bond motifs is 1. The van der Waals surface area contributed by atoms with Gasteiger partial charge in [0.1, 0.15) is 11.5 Å². The van der Waals surface area contributed by atoms with Crippen molar-refractivity contribution in [2.75, 3.05) is 24.5 Å². The second kappa shape index (κ2) is 6.84. The van der Waals surface area contributed by atoms with Crippen molar-refractivity contribution >= 4 is 11.6 Å². The third kappa shape index (κ3) is 3.00. The van der Waals surface area contributed by atoms with E-state index in [4.69, 9.17) is 0 Å². The second-order valence-corrected chi connectivity index (χ2v) is 7.94. The van der Waals surface area contributed by atoms with Gasteiger partial charge in [-0.15, -0.1) is 15.3 Å². The monoisotopic (exact) mass is 402 g/mol. The van der Waals surface area contributed by atoms with Gasteiger partial charge in [-0.05, 0) is 43.9 Å². The molecular formula is C20H22N10. The molecule has 30 heavy (non-hydrogen) atoms. The number of nitrogens with one attached hydrogen (secondary N) is 1. The third-order valence-electron chi connectivity index (χ3n) is 5.81. The second-order valence-electron chi connectivity index (χ2n) is 7.94. The molecule has 1 saturated heterocycles. The molecule has 1 aliphatic carbocycles. The topological polar surface area (TPSA) is 102 Å². The minimum absolute atomic E-state index is 0.537. The molecule has 1 atom stereocenters. The first kappa shape index (κ1) is 17.5. The number of hydrogen-bond donors (Lipinski definition) is 1. The summed E-state index contributed by atoms with van der Waals surface area (Å²) in [6.07, 6.45) is 8.05. The van der Waals surface area contributed by atoms with Crippen LogP contribution in [0.5, 0.6) is 0 Å². The van der Waals surface area contributed by atoms with Gasteiger partial charge in [0.05, 0.1) is 6.20 Å². The summed E-state index contributed by atoms with van der Waals surface area (Å²) < 4.78 is 3.54. The van der Waals surface area contributed by atoms with Crippen LogP contribution in [-0.2, 0) is 0 Å². The first-order chi connectivity index (χ1) is 14.8. The Bertz CT molecular complexity index is 1180. The summed E-state index contributed by atoms with van der Waals surface area (Å²) in [6, 6.07) is 6.34. The van der Waals surface area contributed by atoms with Crippen molar-refractivity contribution in [3.8, 4) is 17.1 Å². The summed E-state index contributed by atoms with van der Waals surface area (Å²) in [5.74, 6) is 2.98. The van der Waals surface area contributed by atoms with Crippen LogP contribution in [0, 0.1) is 12.8 Å². The van der Waals surface area contributed by atoms with Crippen molar-refractivity contribution in [3.05, 3.63) is 42.6 Å². The Hall–Kier alpha value is -3.40. The van der Waals surface area contributed by atoms with Crippen molar-refractivity contribution < 1.29 is 0 Å². The van der Waals surface area contributed by atoms with Crippen LogP contribution in [0.15, 0.2) is 36.8 Å². The van der Waals surface area contributed by atoms with Crippen LogP contribution in [0.25, 0.3) is 22.7 Å². The average molecular weight is 402 g/mol. The summed E-state index contributed by atoms with van der Waals surface area (Å²) in [5.41, 5.74) is 2.23. The molecule has 5 heterocycles. The van der Waals surface area contributed by atoms with Gasteiger partial charge in [0.2, 0.25) is 5.95 Å². The molecule has 152 valence electrons. The van der Waals surface area contributed by atoms with E-state index in [0.717, 1.165) is 36.9 Å². The zero-order valence-electron chi connectivity index (χ0n) is 16.7. The number of aryl methyl sites for hydroxylation is 1. The van der Waals surface area contributed by atoms with Crippen molar-refractivity contribution in [1.82, 2.24) is 44.9 Å². The van der Waals surface area contributed by atoms with Crippen LogP contribution in [0.4, 0.5) is 5.95 Å². The predicted molar refractivity (Wildman–Crippen MR) is 110 cm³/mol. The molecule has 1 N–H and O–H groups in total. The Morgan fingerprint density at radius 3 is 2.87 bits per heavy atom. The van der Waals surface area contributed by atoms with Crippen molar-refractivity contribution in [3.63, 3.8) is 0 Å². The van der Waals surface area contributed by atoms with Gasteiger partial charge < -0.3 is 10.2 Å². The lowest BCUT2D eigenvalue weighted by atomic mass is 10.1. The van der Waals surface area contributed by atoms with E-state index < -0.39 is 0 Å². The van der Waals surface area contributed by atoms with Crippen LogP contribution < -0.4 is 10.2 Å². The molecule has 1 saturated carbocycles. The normalized spacial score (nSPS) is 19.5. The molecule has 4 aromatic rings. The van der Waals surface area contributed by atoms with Crippen molar-refractivity contribution in [2.45, 2.75) is 25.8 Å². The first-order valence-electron chi connectivity index (χ1n) is 10.3. The molecule has 10 heteroatoms. The van der Waals surface area contributed by atoms with E-state index in [2.05, 4.69) is 40.6 Å². The number of rotatable bonds is 4. The highest BCUT2D eigenvalue weighted by Gasteiger charge is 2.34. The van der Waals surface area contributed by atoms with Crippen molar-refractivity contribution in [2.24, 2.45) is 5.92 Å². The van der Waals surface area contributed by atoms with E-state index in [1.165, 1.54) is 12.8 Å². The molecule has 0 bridgehead atoms. The SMILES string of the molecule is Cc1nc2c(-c3cnc(N4CCN[C@@H](C5CC5)C4)nn3)ccc(-n3cccn3)n2n1. The lowest BCUT2D eigenvalue weighted by Gasteiger charge is -2.33. The fraction of sp³-hybridized carbons (Fsp3) is 0.400. The molecule has 0 amide bonds. The quantitative estimate of drug-likeness (QED) is 0.544. The predicted octanol–water partition coefficient (Wildman–Crippen LogP) is 1.26. The molecule has 2 fully saturated rings. The Kier molecular flexibility index (Phi) is 3.98. The van der Waals surface area contributed by atoms with Crippen LogP contribution in [-0.4, -0.2) is 65.2 Å². The van der Waals surface area contributed by atoms with Gasteiger partial charge in [-0.2, -0.15) is 9.61 Å². The van der Waals surface area contributed by atoms with Crippen LogP contribution in [0.3, 0.4) is 0 Å². The van der Waals surface area contributed by atoms with Gasteiger partial charge in [0, 0.05) is 43.6 Å². The van der Waals surface area contributed by atoms with Gasteiger partial charge in [0.15, 0.2) is 11.5 Å². The highest BCUT2D eigenvalue weighted by atomic mass is 15.4. The average Bonchev–Trinajstić information content (AvgIpc) is 3.34. The summed E-state index contributed by atoms with van der Waals surface area (Å²) in [7, 11) is 0. The Morgan fingerprint density at radius 2 is 2.10 bits per heavy atom. The minimum Gasteiger partial charge on any atom is -0.337 e. The molecule has 1 aliphatic heterocycles. The van der Waals surface area contributed by atoms with Gasteiger partial charge in [0.25, 0.3) is 0 Å². The molecule has 0 radical (unpaired) electrons. The minimum atomic E-state index is 0.537. The van der Waals surface area contributed by atoms with E-state index in [9.17, 15) is 0 Å². The van der Waals surface area contributed by atoms with E-state index in [1.54, 1.807) is 21.6 Å². The highest BCUT2D eigenvalue weighted by Crippen LogP contribution is 2.34. The maximum Gasteiger partial charge on any atom is 0.245 e. The molecule has 0 aromatic carbocycles. The van der Waals surface area contributed by atoms with Gasteiger partial charge >= 0.3 is 0 Å². The van der Waals surface area contributed by atoms with Crippen LogP contribution in [0.2, 0.25) is 0 Å². The summed E-state index contributed by atoms with van der Waals surface area (Å²) in [6.45, 7) is 4.67. The maximum atomic E-state index is 4.63. The maximum absolute atomic E-state index is 4.63. The highest BCUT2D eigenvalue weighted by molar-refractivity contribution is 5.75. The van der Waals surface area contributed by atoms with E-state index in [0.29, 0.717) is 29.2 Å². The summed E-state index contributed by atoms with van der Waals surface area (Å²) in [4.78, 5) is 11.5. The number of pyridine rings is 1. The lowest BCUT2D eigenvalue weighted by molar-refractivity contribution is 0.414. The fourth-order valence-corrected chi connectivity index (χ4v) is 4.14. The summed E-state index contributed by atoms with van der Waals surface area (Å²) in [5, 5.41) is 21.4. The standard InChI is InChI=1S/C20H22N10/c1-13-24-19-15(5-6-18(30(19)27-13)29-9-2-7-23-29)16-11-22-20(26-25-16)28-10-8-21-17(12-28)14-3-4-14/h2,5-7,9,11,14,17,21H,3-4,8,10,12H2,1H3/t17-/m1/s1. The van der Waals surface area contributed by atoms with Gasteiger partial charge in [-0.3, -0.25) is 0 Å². The fourth-order valence-electron chi connectivity index (χ4n) is 4.14. The van der Waals surface area contributed by atoms with E-state index >= 15 is 0 Å². The number of anilines is 1. The molecule has 10 nitrogen and oxygen atoms in total. The van der Waals surface area contributed by atoms with Crippen LogP contribution >= 0.6 is 0 Å². The zero-order valence-corrected chi connectivity index (χ0v) is 16.7. The molecule has 0 spiro atoms. The van der Waals surface area contributed by atoms with E-state index in [-0.39, 0.29) is 0 Å². The number of hydrogen-bond acceptors (Lipinski definition) is 8. The summed E-state index contributed by atoms with van der Waals surface area (Å²) >= 11 is 0. The molecular weight excluding hydrogens is 380 g/mol. The Balaban J connectivity index is 1.33. The molecule has 2 aliphatic rings.